The molecule has 2 saturated carbocycles. The van der Waals surface area contributed by atoms with Crippen LogP contribution in [0.1, 0.15) is 88.7 Å². The predicted octanol–water partition coefficient (Wildman–Crippen LogP) is 10.5. The molecule has 0 spiro atoms. The number of hydrogen-bond acceptors (Lipinski definition) is 0. The average Bonchev–Trinajstić information content (AvgIpc) is 2.83. The number of aryl methyl sites for hydroxylation is 1. The normalized spacial score (nSPS) is 25.5. The van der Waals surface area contributed by atoms with Crippen molar-refractivity contribution in [3.63, 3.8) is 0 Å². The van der Waals surface area contributed by atoms with Crippen molar-refractivity contribution >= 4 is 22.6 Å². The van der Waals surface area contributed by atoms with Crippen LogP contribution in [0.25, 0.3) is 11.1 Å². The molecule has 0 aliphatic heterocycles. The van der Waals surface area contributed by atoms with Gasteiger partial charge in [0.1, 0.15) is 17.2 Å². The first-order chi connectivity index (χ1) is 16.7. The SMILES string of the molecule is CCCC1CCC(C2CCC(CCc3ccc(-c4cc(F)c(C(F)(F)I)c(F)c4)cc3)CC2)CC1. The largest absolute Gasteiger partial charge is 0.327 e. The van der Waals surface area contributed by atoms with E-state index in [9.17, 15) is 17.6 Å². The van der Waals surface area contributed by atoms with E-state index in [4.69, 9.17) is 0 Å². The summed E-state index contributed by atoms with van der Waals surface area (Å²) in [6.07, 6.45) is 16.2. The molecule has 2 aliphatic carbocycles. The van der Waals surface area contributed by atoms with Gasteiger partial charge in [-0.15, -0.1) is 0 Å². The molecule has 0 amide bonds. The highest BCUT2D eigenvalue weighted by molar-refractivity contribution is 14.1. The summed E-state index contributed by atoms with van der Waals surface area (Å²) in [4.78, 5) is 0. The van der Waals surface area contributed by atoms with E-state index in [2.05, 4.69) is 6.92 Å². The lowest BCUT2D eigenvalue weighted by Crippen LogP contribution is -2.26. The third-order valence-corrected chi connectivity index (χ3v) is 9.14. The zero-order valence-electron chi connectivity index (χ0n) is 20.6. The van der Waals surface area contributed by atoms with Gasteiger partial charge in [0.25, 0.3) is 0 Å². The van der Waals surface area contributed by atoms with Gasteiger partial charge in [0.2, 0.25) is 0 Å². The fourth-order valence-corrected chi connectivity index (χ4v) is 7.07. The molecule has 0 aromatic heterocycles. The second-order valence-electron chi connectivity index (χ2n) is 10.9. The number of alkyl halides is 3. The lowest BCUT2D eigenvalue weighted by Gasteiger charge is -2.38. The third-order valence-electron chi connectivity index (χ3n) is 8.60. The number of rotatable bonds is 8. The van der Waals surface area contributed by atoms with Gasteiger partial charge in [0.05, 0.1) is 0 Å². The van der Waals surface area contributed by atoms with E-state index in [0.29, 0.717) is 5.56 Å². The van der Waals surface area contributed by atoms with Crippen LogP contribution in [-0.2, 0) is 10.4 Å². The second-order valence-corrected chi connectivity index (χ2v) is 12.3. The molecule has 2 aromatic rings. The molecule has 0 nitrogen and oxygen atoms in total. The molecule has 0 atom stereocenters. The topological polar surface area (TPSA) is 0 Å². The molecule has 5 heteroatoms. The van der Waals surface area contributed by atoms with Gasteiger partial charge in [-0.1, -0.05) is 69.7 Å². The Morgan fingerprint density at radius 1 is 0.743 bits per heavy atom. The minimum Gasteiger partial charge on any atom is -0.206 e. The summed E-state index contributed by atoms with van der Waals surface area (Å²) < 4.78 is 51.7. The Hall–Kier alpha value is -1.11. The molecule has 2 aromatic carbocycles. The van der Waals surface area contributed by atoms with Gasteiger partial charge in [-0.25, -0.2) is 8.78 Å². The van der Waals surface area contributed by atoms with E-state index in [1.165, 1.54) is 76.2 Å². The molecule has 0 radical (unpaired) electrons. The molecular formula is C30H37F4I. The van der Waals surface area contributed by atoms with Crippen LogP contribution >= 0.6 is 22.6 Å². The van der Waals surface area contributed by atoms with E-state index >= 15 is 0 Å². The van der Waals surface area contributed by atoms with Crippen molar-refractivity contribution < 1.29 is 17.6 Å². The van der Waals surface area contributed by atoms with Gasteiger partial charge >= 0.3 is 3.93 Å². The second kappa shape index (κ2) is 12.0. The van der Waals surface area contributed by atoms with Crippen molar-refractivity contribution in [2.75, 3.05) is 0 Å². The van der Waals surface area contributed by atoms with Gasteiger partial charge in [0.15, 0.2) is 0 Å². The summed E-state index contributed by atoms with van der Waals surface area (Å²) in [5, 5.41) is 0. The van der Waals surface area contributed by atoms with E-state index in [-0.39, 0.29) is 5.56 Å². The molecule has 2 fully saturated rings. The maximum absolute atomic E-state index is 14.2. The van der Waals surface area contributed by atoms with Crippen LogP contribution in [0.2, 0.25) is 0 Å². The summed E-state index contributed by atoms with van der Waals surface area (Å²) in [7, 11) is 0. The van der Waals surface area contributed by atoms with E-state index in [0.717, 1.165) is 64.8 Å². The first-order valence-corrected chi connectivity index (χ1v) is 14.5. The molecule has 0 heterocycles. The van der Waals surface area contributed by atoms with Crippen LogP contribution in [-0.4, -0.2) is 0 Å². The van der Waals surface area contributed by atoms with Gasteiger partial charge in [0, 0.05) is 22.6 Å². The maximum atomic E-state index is 14.2. The summed E-state index contributed by atoms with van der Waals surface area (Å²) in [6.45, 7) is 2.31. The van der Waals surface area contributed by atoms with E-state index < -0.39 is 21.1 Å². The Bertz CT molecular complexity index is 926. The van der Waals surface area contributed by atoms with Gasteiger partial charge in [-0.05, 0) is 91.0 Å². The molecule has 35 heavy (non-hydrogen) atoms. The molecule has 192 valence electrons. The Balaban J connectivity index is 1.25. The molecule has 4 rings (SSSR count). The van der Waals surface area contributed by atoms with Crippen LogP contribution < -0.4 is 0 Å². The summed E-state index contributed by atoms with van der Waals surface area (Å²) in [5.74, 6) is 1.24. The standard InChI is InChI=1S/C30H37F4I/c1-2-3-20-6-12-23(13-7-20)24-14-8-21(9-15-24)4-5-22-10-16-25(17-11-22)26-18-27(31)29(28(32)19-26)30(33,34)35/h10-11,16-21,23-24H,2-9,12-15H2,1H3. The molecule has 2 aliphatic rings. The smallest absolute Gasteiger partial charge is 0.206 e. The molecule has 0 saturated heterocycles. The third kappa shape index (κ3) is 7.01. The fraction of sp³-hybridized carbons (Fsp3) is 0.600. The fourth-order valence-electron chi connectivity index (χ4n) is 6.55. The van der Waals surface area contributed by atoms with Crippen molar-refractivity contribution in [2.24, 2.45) is 23.7 Å². The van der Waals surface area contributed by atoms with Crippen LogP contribution in [0.4, 0.5) is 17.6 Å². The monoisotopic (exact) mass is 600 g/mol. The Labute approximate surface area is 221 Å². The Kier molecular flexibility index (Phi) is 9.20. The molecular weight excluding hydrogens is 563 g/mol. The minimum absolute atomic E-state index is 0.276. The highest BCUT2D eigenvalue weighted by Crippen LogP contribution is 2.43. The Morgan fingerprint density at radius 3 is 1.69 bits per heavy atom. The lowest BCUT2D eigenvalue weighted by atomic mass is 9.68. The quantitative estimate of drug-likeness (QED) is 0.161. The first kappa shape index (κ1) is 26.9. The Morgan fingerprint density at radius 2 is 1.23 bits per heavy atom. The number of benzene rings is 2. The molecule has 0 unspecified atom stereocenters. The van der Waals surface area contributed by atoms with E-state index in [1.807, 2.05) is 24.3 Å². The number of halogens is 5. The summed E-state index contributed by atoms with van der Waals surface area (Å²) in [5.41, 5.74) is 0.931. The summed E-state index contributed by atoms with van der Waals surface area (Å²) >= 11 is 0.754. The average molecular weight is 601 g/mol. The van der Waals surface area contributed by atoms with Crippen molar-refractivity contribution in [1.29, 1.82) is 0 Å². The zero-order chi connectivity index (χ0) is 25.0. The van der Waals surface area contributed by atoms with Crippen molar-refractivity contribution in [3.05, 3.63) is 59.2 Å². The lowest BCUT2D eigenvalue weighted by molar-refractivity contribution is 0.117. The van der Waals surface area contributed by atoms with E-state index in [1.54, 1.807) is 0 Å². The van der Waals surface area contributed by atoms with Crippen LogP contribution in [0, 0.1) is 35.3 Å². The highest BCUT2D eigenvalue weighted by Gasteiger charge is 2.35. The highest BCUT2D eigenvalue weighted by atomic mass is 127. The molecule has 0 N–H and O–H groups in total. The van der Waals surface area contributed by atoms with Crippen LogP contribution in [0.3, 0.4) is 0 Å². The predicted molar refractivity (Wildman–Crippen MR) is 144 cm³/mol. The van der Waals surface area contributed by atoms with Crippen molar-refractivity contribution in [1.82, 2.24) is 0 Å². The van der Waals surface area contributed by atoms with Gasteiger partial charge in [-0.3, -0.25) is 0 Å². The van der Waals surface area contributed by atoms with Crippen LogP contribution in [0.15, 0.2) is 36.4 Å². The molecule has 0 bridgehead atoms. The first-order valence-electron chi connectivity index (χ1n) is 13.4. The minimum atomic E-state index is -3.58. The zero-order valence-corrected chi connectivity index (χ0v) is 22.8. The van der Waals surface area contributed by atoms with Gasteiger partial charge < -0.3 is 0 Å². The number of hydrogen-bond donors (Lipinski definition) is 0. The van der Waals surface area contributed by atoms with Crippen molar-refractivity contribution in [3.8, 4) is 11.1 Å². The maximum Gasteiger partial charge on any atom is 0.327 e. The van der Waals surface area contributed by atoms with Gasteiger partial charge in [-0.2, -0.15) is 8.78 Å². The van der Waals surface area contributed by atoms with Crippen molar-refractivity contribution in [2.45, 2.75) is 87.9 Å². The van der Waals surface area contributed by atoms with Crippen LogP contribution in [0.5, 0.6) is 0 Å². The summed E-state index contributed by atoms with van der Waals surface area (Å²) in [6, 6.07) is 9.64.